The maximum Gasteiger partial charge on any atom is 0.229 e. The number of rotatable bonds is 4. The van der Waals surface area contributed by atoms with Gasteiger partial charge in [-0.1, -0.05) is 12.8 Å². The molecule has 0 bridgehead atoms. The van der Waals surface area contributed by atoms with Crippen molar-refractivity contribution in [2.24, 2.45) is 11.1 Å². The fourth-order valence-corrected chi connectivity index (χ4v) is 3.18. The first-order valence-corrected chi connectivity index (χ1v) is 6.70. The van der Waals surface area contributed by atoms with Crippen molar-refractivity contribution in [2.45, 2.75) is 51.4 Å². The van der Waals surface area contributed by atoms with Crippen LogP contribution in [0.3, 0.4) is 0 Å². The lowest BCUT2D eigenvalue weighted by molar-refractivity contribution is -0.153. The normalized spacial score (nSPS) is 22.4. The van der Waals surface area contributed by atoms with Crippen LogP contribution in [0.15, 0.2) is 0 Å². The molecular formula is C13H23ClN2O2. The third kappa shape index (κ3) is 3.23. The average molecular weight is 275 g/mol. The molecule has 1 aliphatic heterocycles. The summed E-state index contributed by atoms with van der Waals surface area (Å²) >= 11 is 0. The topological polar surface area (TPSA) is 63.4 Å². The second-order valence-electron chi connectivity index (χ2n) is 5.50. The molecule has 5 heteroatoms. The quantitative estimate of drug-likeness (QED) is 0.629. The molecule has 1 saturated heterocycles. The highest BCUT2D eigenvalue weighted by molar-refractivity contribution is 5.98. The Morgan fingerprint density at radius 1 is 1.06 bits per heavy atom. The molecule has 18 heavy (non-hydrogen) atoms. The third-order valence-electron chi connectivity index (χ3n) is 4.15. The van der Waals surface area contributed by atoms with E-state index in [1.165, 1.54) is 17.7 Å². The third-order valence-corrected chi connectivity index (χ3v) is 4.15. The van der Waals surface area contributed by atoms with Gasteiger partial charge < -0.3 is 5.73 Å². The van der Waals surface area contributed by atoms with Gasteiger partial charge in [0, 0.05) is 19.4 Å². The summed E-state index contributed by atoms with van der Waals surface area (Å²) in [5, 5.41) is 0. The molecule has 0 aromatic carbocycles. The van der Waals surface area contributed by atoms with E-state index in [0.717, 1.165) is 25.7 Å². The van der Waals surface area contributed by atoms with E-state index in [4.69, 9.17) is 5.73 Å². The molecule has 2 rings (SSSR count). The van der Waals surface area contributed by atoms with Crippen LogP contribution in [0.1, 0.15) is 51.4 Å². The Kier molecular flexibility index (Phi) is 5.60. The molecule has 0 unspecified atom stereocenters. The fourth-order valence-electron chi connectivity index (χ4n) is 3.18. The maximum atomic E-state index is 12.0. The number of unbranched alkanes of at least 4 members (excludes halogenated alkanes) is 1. The summed E-state index contributed by atoms with van der Waals surface area (Å²) in [4.78, 5) is 25.5. The summed E-state index contributed by atoms with van der Waals surface area (Å²) in [7, 11) is 0. The minimum atomic E-state index is 0. The van der Waals surface area contributed by atoms with Gasteiger partial charge >= 0.3 is 0 Å². The number of nitrogens with two attached hydrogens (primary N) is 1. The van der Waals surface area contributed by atoms with Crippen LogP contribution in [0.25, 0.3) is 0 Å². The first-order valence-electron chi connectivity index (χ1n) is 6.70. The first-order chi connectivity index (χ1) is 8.17. The molecule has 0 aromatic rings. The van der Waals surface area contributed by atoms with E-state index in [-0.39, 0.29) is 29.6 Å². The van der Waals surface area contributed by atoms with Crippen LogP contribution in [0.2, 0.25) is 0 Å². The molecule has 2 fully saturated rings. The molecular weight excluding hydrogens is 252 g/mol. The number of carbonyl (C=O) groups is 2. The van der Waals surface area contributed by atoms with Gasteiger partial charge in [-0.3, -0.25) is 14.5 Å². The predicted octanol–water partition coefficient (Wildman–Crippen LogP) is 1.86. The summed E-state index contributed by atoms with van der Waals surface area (Å²) in [6, 6.07) is 0. The number of likely N-dealkylation sites (tertiary alicyclic amines) is 1. The standard InChI is InChI=1S/C13H22N2O2.ClH/c14-7-3-4-8-15-11(16)9-13(10-12(15)17)5-1-2-6-13;/h1-10,14H2;1H. The molecule has 2 N–H and O–H groups in total. The van der Waals surface area contributed by atoms with Crippen molar-refractivity contribution in [2.75, 3.05) is 13.1 Å². The van der Waals surface area contributed by atoms with Gasteiger partial charge in [0.05, 0.1) is 0 Å². The minimum Gasteiger partial charge on any atom is -0.330 e. The number of nitrogens with zero attached hydrogens (tertiary/aromatic N) is 1. The van der Waals surface area contributed by atoms with E-state index >= 15 is 0 Å². The Balaban J connectivity index is 0.00000162. The largest absolute Gasteiger partial charge is 0.330 e. The lowest BCUT2D eigenvalue weighted by Crippen LogP contribution is -2.47. The number of amides is 2. The first kappa shape index (κ1) is 15.4. The highest BCUT2D eigenvalue weighted by Crippen LogP contribution is 2.46. The molecule has 0 aromatic heterocycles. The molecule has 2 aliphatic rings. The monoisotopic (exact) mass is 274 g/mol. The molecule has 1 heterocycles. The number of hydrogen-bond donors (Lipinski definition) is 1. The van der Waals surface area contributed by atoms with Crippen molar-refractivity contribution in [3.05, 3.63) is 0 Å². The summed E-state index contributed by atoms with van der Waals surface area (Å²) in [5.41, 5.74) is 5.45. The summed E-state index contributed by atoms with van der Waals surface area (Å²) in [6.07, 6.45) is 7.34. The minimum absolute atomic E-state index is 0. The zero-order valence-electron chi connectivity index (χ0n) is 10.8. The Hall–Kier alpha value is -0.610. The molecule has 1 spiro atoms. The van der Waals surface area contributed by atoms with Crippen molar-refractivity contribution in [1.29, 1.82) is 0 Å². The number of halogens is 1. The van der Waals surface area contributed by atoms with Crippen LogP contribution in [0.4, 0.5) is 0 Å². The average Bonchev–Trinajstić information content (AvgIpc) is 2.70. The Morgan fingerprint density at radius 3 is 2.11 bits per heavy atom. The summed E-state index contributed by atoms with van der Waals surface area (Å²) < 4.78 is 0. The number of piperidine rings is 1. The molecule has 0 radical (unpaired) electrons. The van der Waals surface area contributed by atoms with E-state index < -0.39 is 0 Å². The highest BCUT2D eigenvalue weighted by atomic mass is 35.5. The van der Waals surface area contributed by atoms with Gasteiger partial charge in [-0.2, -0.15) is 0 Å². The van der Waals surface area contributed by atoms with Crippen molar-refractivity contribution in [3.63, 3.8) is 0 Å². The van der Waals surface area contributed by atoms with Gasteiger partial charge in [-0.15, -0.1) is 12.4 Å². The summed E-state index contributed by atoms with van der Waals surface area (Å²) in [6.45, 7) is 1.19. The van der Waals surface area contributed by atoms with Gasteiger partial charge in [0.25, 0.3) is 0 Å². The van der Waals surface area contributed by atoms with Crippen LogP contribution in [0.5, 0.6) is 0 Å². The molecule has 4 nitrogen and oxygen atoms in total. The second kappa shape index (κ2) is 6.53. The van der Waals surface area contributed by atoms with E-state index in [1.54, 1.807) is 0 Å². The molecule has 1 aliphatic carbocycles. The van der Waals surface area contributed by atoms with Crippen molar-refractivity contribution in [1.82, 2.24) is 4.90 Å². The van der Waals surface area contributed by atoms with Gasteiger partial charge in [0.15, 0.2) is 0 Å². The molecule has 2 amide bonds. The number of hydrogen-bond acceptors (Lipinski definition) is 3. The maximum absolute atomic E-state index is 12.0. The predicted molar refractivity (Wildman–Crippen MR) is 72.4 cm³/mol. The second-order valence-corrected chi connectivity index (χ2v) is 5.50. The fraction of sp³-hybridized carbons (Fsp3) is 0.846. The Bertz CT molecular complexity index is 294. The van der Waals surface area contributed by atoms with E-state index in [2.05, 4.69) is 0 Å². The smallest absolute Gasteiger partial charge is 0.229 e. The van der Waals surface area contributed by atoms with Crippen LogP contribution in [0, 0.1) is 5.41 Å². The zero-order chi connectivity index (χ0) is 12.3. The highest BCUT2D eigenvalue weighted by Gasteiger charge is 2.44. The molecule has 0 atom stereocenters. The van der Waals surface area contributed by atoms with Gasteiger partial charge in [0.1, 0.15) is 0 Å². The lowest BCUT2D eigenvalue weighted by atomic mass is 9.76. The lowest BCUT2D eigenvalue weighted by Gasteiger charge is -2.37. The zero-order valence-corrected chi connectivity index (χ0v) is 11.6. The van der Waals surface area contributed by atoms with E-state index in [1.807, 2.05) is 0 Å². The van der Waals surface area contributed by atoms with Gasteiger partial charge in [-0.05, 0) is 37.6 Å². The van der Waals surface area contributed by atoms with E-state index in [0.29, 0.717) is 25.9 Å². The molecule has 104 valence electrons. The van der Waals surface area contributed by atoms with Gasteiger partial charge in [0.2, 0.25) is 11.8 Å². The van der Waals surface area contributed by atoms with Crippen LogP contribution >= 0.6 is 12.4 Å². The van der Waals surface area contributed by atoms with Crippen molar-refractivity contribution in [3.8, 4) is 0 Å². The van der Waals surface area contributed by atoms with Crippen molar-refractivity contribution < 1.29 is 9.59 Å². The van der Waals surface area contributed by atoms with Crippen molar-refractivity contribution >= 4 is 24.2 Å². The Labute approximate surface area is 115 Å². The van der Waals surface area contributed by atoms with Crippen LogP contribution in [-0.4, -0.2) is 29.8 Å². The Morgan fingerprint density at radius 2 is 1.61 bits per heavy atom. The van der Waals surface area contributed by atoms with Gasteiger partial charge in [-0.25, -0.2) is 0 Å². The number of carbonyl (C=O) groups excluding carboxylic acids is 2. The van der Waals surface area contributed by atoms with E-state index in [9.17, 15) is 9.59 Å². The number of imide groups is 1. The SMILES string of the molecule is Cl.NCCCCN1C(=O)CC2(CCCC2)CC1=O. The van der Waals surface area contributed by atoms with Crippen LogP contribution < -0.4 is 5.73 Å². The summed E-state index contributed by atoms with van der Waals surface area (Å²) in [5.74, 6) is 0.0837. The molecule has 1 saturated carbocycles. The van der Waals surface area contributed by atoms with Crippen LogP contribution in [-0.2, 0) is 9.59 Å².